The number of hydrogen-bond acceptors (Lipinski definition) is 8. The summed E-state index contributed by atoms with van der Waals surface area (Å²) in [6.07, 6.45) is -1.80. The highest BCUT2D eigenvalue weighted by Crippen LogP contribution is 2.28. The van der Waals surface area contributed by atoms with E-state index < -0.39 is 44.4 Å². The number of anilines is 1. The van der Waals surface area contributed by atoms with Gasteiger partial charge in [-0.1, -0.05) is 83.5 Å². The number of ether oxygens (including phenoxy) is 4. The van der Waals surface area contributed by atoms with E-state index in [-0.39, 0.29) is 43.2 Å². The minimum atomic E-state index is -4.08. The summed E-state index contributed by atoms with van der Waals surface area (Å²) in [4.78, 5) is 11.9. The van der Waals surface area contributed by atoms with Gasteiger partial charge >= 0.3 is 6.09 Å². The van der Waals surface area contributed by atoms with Gasteiger partial charge in [-0.25, -0.2) is 13.2 Å². The van der Waals surface area contributed by atoms with Crippen LogP contribution in [0.3, 0.4) is 0 Å². The van der Waals surface area contributed by atoms with E-state index in [1.165, 1.54) is 22.5 Å². The predicted octanol–water partition coefficient (Wildman–Crippen LogP) is 6.18. The van der Waals surface area contributed by atoms with Crippen LogP contribution in [0.2, 0.25) is 51.4 Å². The van der Waals surface area contributed by atoms with Gasteiger partial charge in [0.05, 0.1) is 22.7 Å². The molecule has 0 heterocycles. The van der Waals surface area contributed by atoms with Gasteiger partial charge in [0.1, 0.15) is 12.5 Å². The topological polar surface area (TPSA) is 150 Å². The van der Waals surface area contributed by atoms with Gasteiger partial charge in [0.25, 0.3) is 0 Å². The van der Waals surface area contributed by atoms with E-state index >= 15 is 0 Å². The summed E-state index contributed by atoms with van der Waals surface area (Å²) in [6.45, 7) is 18.4. The Kier molecular flexibility index (Phi) is 16.4. The third kappa shape index (κ3) is 16.0. The van der Waals surface area contributed by atoms with Gasteiger partial charge in [0, 0.05) is 42.5 Å². The summed E-state index contributed by atoms with van der Waals surface area (Å²) in [7, 11) is -6.67. The molecule has 266 valence electrons. The minimum Gasteiger partial charge on any atom is -0.465 e. The number of rotatable bonds is 22. The molecule has 0 radical (unpaired) electrons. The molecule has 2 atom stereocenters. The molecule has 2 rings (SSSR count). The molecule has 2 aromatic rings. The Morgan fingerprint density at radius 3 is 2.04 bits per heavy atom. The molecule has 4 N–H and O–H groups in total. The molecule has 47 heavy (non-hydrogen) atoms. The van der Waals surface area contributed by atoms with E-state index in [0.717, 1.165) is 17.7 Å². The van der Waals surface area contributed by atoms with Crippen molar-refractivity contribution >= 4 is 38.0 Å². The second-order valence-corrected chi connectivity index (χ2v) is 27.9. The van der Waals surface area contributed by atoms with Crippen LogP contribution in [-0.4, -0.2) is 92.1 Å². The van der Waals surface area contributed by atoms with Crippen LogP contribution in [0.5, 0.6) is 5.75 Å². The van der Waals surface area contributed by atoms with Crippen molar-refractivity contribution in [3.8, 4) is 5.75 Å². The number of carboxylic acid groups (broad SMARTS) is 1. The Balaban J connectivity index is 2.33. The zero-order chi connectivity index (χ0) is 35.3. The zero-order valence-electron chi connectivity index (χ0n) is 29.5. The smallest absolute Gasteiger partial charge is 0.404 e. The van der Waals surface area contributed by atoms with Gasteiger partial charge in [-0.3, -0.25) is 0 Å². The minimum absolute atomic E-state index is 0.00131. The number of amides is 1. The van der Waals surface area contributed by atoms with E-state index in [4.69, 9.17) is 24.7 Å². The monoisotopic (exact) mass is 711 g/mol. The molecule has 0 unspecified atom stereocenters. The number of hydrogen-bond donors (Lipinski definition) is 3. The van der Waals surface area contributed by atoms with Crippen LogP contribution < -0.4 is 15.8 Å². The highest BCUT2D eigenvalue weighted by atomic mass is 32.2. The summed E-state index contributed by atoms with van der Waals surface area (Å²) in [5, 5.41) is 12.3. The predicted molar refractivity (Wildman–Crippen MR) is 193 cm³/mol. The Hall–Kier alpha value is -2.47. The van der Waals surface area contributed by atoms with Crippen LogP contribution >= 0.6 is 0 Å². The van der Waals surface area contributed by atoms with Crippen molar-refractivity contribution in [1.82, 2.24) is 9.62 Å². The number of nitrogen functional groups attached to an aromatic ring is 1. The summed E-state index contributed by atoms with van der Waals surface area (Å²) in [5.74, 6) is 0.296. The summed E-state index contributed by atoms with van der Waals surface area (Å²) < 4.78 is 52.9. The van der Waals surface area contributed by atoms with Crippen LogP contribution in [0.25, 0.3) is 0 Å². The molecule has 11 nitrogen and oxygen atoms in total. The summed E-state index contributed by atoms with van der Waals surface area (Å²) in [5.41, 5.74) is 7.30. The molecule has 0 saturated heterocycles. The number of carbonyl (C=O) groups is 1. The number of nitrogens with two attached hydrogens (primary N) is 1. The second-order valence-electron chi connectivity index (χ2n) is 14.7. The number of nitrogens with one attached hydrogen (secondary N) is 1. The van der Waals surface area contributed by atoms with E-state index in [9.17, 15) is 18.3 Å². The average Bonchev–Trinajstić information content (AvgIpc) is 2.95. The van der Waals surface area contributed by atoms with Crippen molar-refractivity contribution in [2.45, 2.75) is 88.7 Å². The fourth-order valence-electron chi connectivity index (χ4n) is 4.56. The normalized spacial score (nSPS) is 13.9. The number of benzene rings is 2. The molecule has 14 heteroatoms. The molecule has 1 amide bonds. The Labute approximate surface area is 284 Å². The van der Waals surface area contributed by atoms with Crippen molar-refractivity contribution < 1.29 is 37.3 Å². The van der Waals surface area contributed by atoms with Gasteiger partial charge in [-0.2, -0.15) is 4.31 Å². The number of nitrogens with zero attached hydrogens (tertiary/aromatic N) is 1. The first kappa shape index (κ1) is 40.7. The van der Waals surface area contributed by atoms with Gasteiger partial charge < -0.3 is 35.1 Å². The maximum absolute atomic E-state index is 14.1. The van der Waals surface area contributed by atoms with Crippen molar-refractivity contribution in [1.29, 1.82) is 0 Å². The molecule has 0 saturated carbocycles. The largest absolute Gasteiger partial charge is 0.465 e. The standard InChI is InChI=1S/C33H57N3O8SSi2/c1-26(2)22-36(45(39,40)28-14-15-31(29(34)21-28)43-24-41-16-18-46(3,4)5)23-32(44-25-42-17-19-47(6,7)8)30(35-33(37)38)20-27-12-10-9-11-13-27/h9-15,21,26,30,32,35H,16-20,22-25,34H2,1-8H3,(H,37,38)/t30-,32+/m0/s1. The van der Waals surface area contributed by atoms with Gasteiger partial charge in [-0.15, -0.1) is 0 Å². The van der Waals surface area contributed by atoms with Crippen LogP contribution in [0.15, 0.2) is 53.4 Å². The molecular weight excluding hydrogens is 655 g/mol. The quantitative estimate of drug-likeness (QED) is 0.0563. The maximum Gasteiger partial charge on any atom is 0.404 e. The molecule has 0 spiro atoms. The lowest BCUT2D eigenvalue weighted by molar-refractivity contribution is -0.0993. The maximum atomic E-state index is 14.1. The lowest BCUT2D eigenvalue weighted by Crippen LogP contribution is -2.52. The van der Waals surface area contributed by atoms with Crippen molar-refractivity contribution in [2.24, 2.45) is 5.92 Å². The summed E-state index contributed by atoms with van der Waals surface area (Å²) in [6, 6.07) is 14.9. The van der Waals surface area contributed by atoms with E-state index in [1.54, 1.807) is 0 Å². The van der Waals surface area contributed by atoms with E-state index in [2.05, 4.69) is 44.6 Å². The summed E-state index contributed by atoms with van der Waals surface area (Å²) >= 11 is 0. The molecule has 2 aromatic carbocycles. The fraction of sp³-hybridized carbons (Fsp3) is 0.606. The van der Waals surface area contributed by atoms with Gasteiger partial charge in [0.2, 0.25) is 10.0 Å². The Morgan fingerprint density at radius 1 is 0.915 bits per heavy atom. The van der Waals surface area contributed by atoms with Crippen LogP contribution in [0.4, 0.5) is 10.5 Å². The lowest BCUT2D eigenvalue weighted by atomic mass is 10.0. The first-order chi connectivity index (χ1) is 21.9. The Bertz CT molecular complexity index is 1340. The van der Waals surface area contributed by atoms with Crippen LogP contribution in [0.1, 0.15) is 19.4 Å². The van der Waals surface area contributed by atoms with E-state index in [1.807, 2.05) is 44.2 Å². The number of sulfonamides is 1. The molecule has 0 aliphatic rings. The third-order valence-corrected chi connectivity index (χ3v) is 12.5. The lowest BCUT2D eigenvalue weighted by Gasteiger charge is -2.33. The highest BCUT2D eigenvalue weighted by molar-refractivity contribution is 7.89. The molecule has 0 fully saturated rings. The molecule has 0 bridgehead atoms. The second kappa shape index (κ2) is 18.9. The molecule has 0 aliphatic carbocycles. The van der Waals surface area contributed by atoms with Crippen molar-refractivity contribution in [3.63, 3.8) is 0 Å². The van der Waals surface area contributed by atoms with Gasteiger partial charge in [0.15, 0.2) is 6.79 Å². The van der Waals surface area contributed by atoms with Crippen LogP contribution in [0, 0.1) is 5.92 Å². The van der Waals surface area contributed by atoms with Crippen LogP contribution in [-0.2, 0) is 30.7 Å². The van der Waals surface area contributed by atoms with Crippen molar-refractivity contribution in [3.05, 3.63) is 54.1 Å². The fourth-order valence-corrected chi connectivity index (χ4v) is 7.72. The van der Waals surface area contributed by atoms with E-state index in [0.29, 0.717) is 25.4 Å². The first-order valence-corrected chi connectivity index (χ1v) is 25.1. The van der Waals surface area contributed by atoms with Crippen molar-refractivity contribution in [2.75, 3.05) is 45.6 Å². The molecular formula is C33H57N3O8SSi2. The SMILES string of the molecule is CC(C)CN(C[C@@H](OCOCC[Si](C)(C)C)[C@H](Cc1ccccc1)NC(=O)O)S(=O)(=O)c1ccc(OCOCC[Si](C)(C)C)c(N)c1. The molecule has 0 aliphatic heterocycles. The highest BCUT2D eigenvalue weighted by Gasteiger charge is 2.33. The average molecular weight is 712 g/mol. The Morgan fingerprint density at radius 2 is 1.51 bits per heavy atom. The molecule has 0 aromatic heterocycles. The zero-order valence-corrected chi connectivity index (χ0v) is 32.3. The van der Waals surface area contributed by atoms with Gasteiger partial charge in [-0.05, 0) is 48.2 Å². The third-order valence-electron chi connectivity index (χ3n) is 7.28. The first-order valence-electron chi connectivity index (χ1n) is 16.2.